The Kier molecular flexibility index (Phi) is 4.40. The Labute approximate surface area is 103 Å². The van der Waals surface area contributed by atoms with E-state index in [9.17, 15) is 5.11 Å². The van der Waals surface area contributed by atoms with E-state index in [-0.39, 0.29) is 0 Å². The first-order valence-electron chi connectivity index (χ1n) is 6.34. The van der Waals surface area contributed by atoms with Crippen LogP contribution in [0.25, 0.3) is 0 Å². The number of aryl methyl sites for hydroxylation is 1. The lowest BCUT2D eigenvalue weighted by Gasteiger charge is -2.19. The quantitative estimate of drug-likeness (QED) is 0.845. The number of aliphatic hydroxyl groups excluding tert-OH is 1. The minimum absolute atomic E-state index is 0.376. The van der Waals surface area contributed by atoms with Crippen molar-refractivity contribution in [1.82, 2.24) is 4.90 Å². The molecule has 2 rings (SSSR count). The Hall–Kier alpha value is -1.06. The van der Waals surface area contributed by atoms with Crippen molar-refractivity contribution in [2.75, 3.05) is 26.2 Å². The lowest BCUT2D eigenvalue weighted by atomic mass is 10.2. The largest absolute Gasteiger partial charge is 0.491 e. The zero-order chi connectivity index (χ0) is 12.1. The Morgan fingerprint density at radius 1 is 1.29 bits per heavy atom. The SMILES string of the molecule is Cc1ccccc1OC[C@@H](O)CN1CCCC1. The number of β-amino-alcohol motifs (C(OH)–C–C–N with tert-alkyl or cyclic N) is 1. The standard InChI is InChI=1S/C14H21NO2/c1-12-6-2-3-7-14(12)17-11-13(16)10-15-8-4-5-9-15/h2-3,6-7,13,16H,4-5,8-11H2,1H3/t13-/m0/s1. The van der Waals surface area contributed by atoms with Gasteiger partial charge in [0.05, 0.1) is 0 Å². The fraction of sp³-hybridized carbons (Fsp3) is 0.571. The second-order valence-corrected chi connectivity index (χ2v) is 4.74. The minimum atomic E-state index is -0.396. The number of nitrogens with zero attached hydrogens (tertiary/aromatic N) is 1. The maximum atomic E-state index is 9.90. The van der Waals surface area contributed by atoms with Crippen LogP contribution in [-0.4, -0.2) is 42.4 Å². The van der Waals surface area contributed by atoms with Gasteiger partial charge in [0, 0.05) is 6.54 Å². The highest BCUT2D eigenvalue weighted by Gasteiger charge is 2.16. The predicted octanol–water partition coefficient (Wildman–Crippen LogP) is 1.83. The maximum Gasteiger partial charge on any atom is 0.122 e. The Morgan fingerprint density at radius 3 is 2.71 bits per heavy atom. The molecule has 3 heteroatoms. The van der Waals surface area contributed by atoms with Gasteiger partial charge < -0.3 is 14.7 Å². The van der Waals surface area contributed by atoms with Crippen LogP contribution in [0.1, 0.15) is 18.4 Å². The second kappa shape index (κ2) is 6.03. The van der Waals surface area contributed by atoms with Crippen LogP contribution >= 0.6 is 0 Å². The van der Waals surface area contributed by atoms with Crippen LogP contribution in [0.4, 0.5) is 0 Å². The summed E-state index contributed by atoms with van der Waals surface area (Å²) in [6, 6.07) is 7.90. The molecule has 0 amide bonds. The summed E-state index contributed by atoms with van der Waals surface area (Å²) < 4.78 is 5.63. The number of likely N-dealkylation sites (tertiary alicyclic amines) is 1. The molecule has 1 aliphatic rings. The summed E-state index contributed by atoms with van der Waals surface area (Å²) in [7, 11) is 0. The lowest BCUT2D eigenvalue weighted by Crippen LogP contribution is -2.33. The van der Waals surface area contributed by atoms with Crippen LogP contribution in [0, 0.1) is 6.92 Å². The first kappa shape index (κ1) is 12.4. The number of para-hydroxylation sites is 1. The van der Waals surface area contributed by atoms with E-state index >= 15 is 0 Å². The Bertz CT molecular complexity index is 348. The van der Waals surface area contributed by atoms with E-state index in [0.717, 1.165) is 30.9 Å². The molecule has 1 atom stereocenters. The number of hydrogen-bond acceptors (Lipinski definition) is 3. The normalized spacial score (nSPS) is 18.2. The molecule has 1 aliphatic heterocycles. The number of rotatable bonds is 5. The average Bonchev–Trinajstić information content (AvgIpc) is 2.81. The van der Waals surface area contributed by atoms with Crippen molar-refractivity contribution in [3.05, 3.63) is 29.8 Å². The Balaban J connectivity index is 1.75. The van der Waals surface area contributed by atoms with Crippen molar-refractivity contribution in [2.45, 2.75) is 25.9 Å². The van der Waals surface area contributed by atoms with Crippen molar-refractivity contribution in [2.24, 2.45) is 0 Å². The molecule has 1 N–H and O–H groups in total. The van der Waals surface area contributed by atoms with Crippen molar-refractivity contribution in [1.29, 1.82) is 0 Å². The van der Waals surface area contributed by atoms with Gasteiger partial charge in [-0.1, -0.05) is 18.2 Å². The van der Waals surface area contributed by atoms with Crippen molar-refractivity contribution < 1.29 is 9.84 Å². The zero-order valence-corrected chi connectivity index (χ0v) is 10.4. The first-order valence-corrected chi connectivity index (χ1v) is 6.34. The molecule has 0 aromatic heterocycles. The van der Waals surface area contributed by atoms with Gasteiger partial charge in [0.2, 0.25) is 0 Å². The fourth-order valence-electron chi connectivity index (χ4n) is 2.22. The van der Waals surface area contributed by atoms with Gasteiger partial charge in [0.15, 0.2) is 0 Å². The van der Waals surface area contributed by atoms with Crippen LogP contribution in [0.15, 0.2) is 24.3 Å². The van der Waals surface area contributed by atoms with Gasteiger partial charge in [-0.15, -0.1) is 0 Å². The van der Waals surface area contributed by atoms with Gasteiger partial charge in [0.25, 0.3) is 0 Å². The molecule has 17 heavy (non-hydrogen) atoms. The van der Waals surface area contributed by atoms with E-state index in [0.29, 0.717) is 6.61 Å². The van der Waals surface area contributed by atoms with E-state index < -0.39 is 6.10 Å². The molecule has 3 nitrogen and oxygen atoms in total. The zero-order valence-electron chi connectivity index (χ0n) is 10.4. The summed E-state index contributed by atoms with van der Waals surface area (Å²) in [6.45, 7) is 5.35. The number of ether oxygens (including phenoxy) is 1. The molecule has 0 radical (unpaired) electrons. The van der Waals surface area contributed by atoms with Crippen molar-refractivity contribution in [3.63, 3.8) is 0 Å². The molecular weight excluding hydrogens is 214 g/mol. The predicted molar refractivity (Wildman–Crippen MR) is 68.4 cm³/mol. The van der Waals surface area contributed by atoms with E-state index in [1.807, 2.05) is 31.2 Å². The third-order valence-corrected chi connectivity index (χ3v) is 3.19. The smallest absolute Gasteiger partial charge is 0.122 e. The van der Waals surface area contributed by atoms with Crippen molar-refractivity contribution >= 4 is 0 Å². The molecule has 0 unspecified atom stereocenters. The van der Waals surface area contributed by atoms with Gasteiger partial charge in [-0.05, 0) is 44.5 Å². The van der Waals surface area contributed by atoms with E-state index in [1.54, 1.807) is 0 Å². The number of benzene rings is 1. The molecule has 1 aromatic carbocycles. The topological polar surface area (TPSA) is 32.7 Å². The summed E-state index contributed by atoms with van der Waals surface area (Å²) in [5.74, 6) is 0.868. The molecule has 0 aliphatic carbocycles. The van der Waals surface area contributed by atoms with Crippen LogP contribution in [0.2, 0.25) is 0 Å². The fourth-order valence-corrected chi connectivity index (χ4v) is 2.22. The molecule has 94 valence electrons. The molecule has 0 spiro atoms. The van der Waals surface area contributed by atoms with Gasteiger partial charge in [-0.2, -0.15) is 0 Å². The highest BCUT2D eigenvalue weighted by atomic mass is 16.5. The molecule has 1 aromatic rings. The summed E-state index contributed by atoms with van der Waals surface area (Å²) in [5, 5.41) is 9.90. The third kappa shape index (κ3) is 3.72. The van der Waals surface area contributed by atoms with Crippen LogP contribution in [0.5, 0.6) is 5.75 Å². The van der Waals surface area contributed by atoms with E-state index in [4.69, 9.17) is 4.74 Å². The van der Waals surface area contributed by atoms with Gasteiger partial charge >= 0.3 is 0 Å². The molecular formula is C14H21NO2. The van der Waals surface area contributed by atoms with Gasteiger partial charge in [-0.3, -0.25) is 0 Å². The highest BCUT2D eigenvalue weighted by molar-refractivity contribution is 5.31. The van der Waals surface area contributed by atoms with Crippen LogP contribution < -0.4 is 4.74 Å². The lowest BCUT2D eigenvalue weighted by molar-refractivity contribution is 0.0756. The second-order valence-electron chi connectivity index (χ2n) is 4.74. The van der Waals surface area contributed by atoms with Gasteiger partial charge in [-0.25, -0.2) is 0 Å². The molecule has 1 heterocycles. The highest BCUT2D eigenvalue weighted by Crippen LogP contribution is 2.16. The summed E-state index contributed by atoms with van der Waals surface area (Å²) in [5.41, 5.74) is 1.11. The molecule has 1 fully saturated rings. The summed E-state index contributed by atoms with van der Waals surface area (Å²) >= 11 is 0. The summed E-state index contributed by atoms with van der Waals surface area (Å²) in [4.78, 5) is 2.30. The van der Waals surface area contributed by atoms with E-state index in [2.05, 4.69) is 4.90 Å². The third-order valence-electron chi connectivity index (χ3n) is 3.19. The minimum Gasteiger partial charge on any atom is -0.491 e. The Morgan fingerprint density at radius 2 is 2.00 bits per heavy atom. The average molecular weight is 235 g/mol. The monoisotopic (exact) mass is 235 g/mol. The molecule has 0 bridgehead atoms. The summed E-state index contributed by atoms with van der Waals surface area (Å²) in [6.07, 6.45) is 2.12. The number of hydrogen-bond donors (Lipinski definition) is 1. The molecule has 0 saturated carbocycles. The maximum absolute atomic E-state index is 9.90. The van der Waals surface area contributed by atoms with Crippen LogP contribution in [-0.2, 0) is 0 Å². The van der Waals surface area contributed by atoms with Crippen LogP contribution in [0.3, 0.4) is 0 Å². The van der Waals surface area contributed by atoms with Crippen molar-refractivity contribution in [3.8, 4) is 5.75 Å². The van der Waals surface area contributed by atoms with E-state index in [1.165, 1.54) is 12.8 Å². The number of aliphatic hydroxyl groups is 1. The van der Waals surface area contributed by atoms with Gasteiger partial charge in [0.1, 0.15) is 18.5 Å². The molecule has 1 saturated heterocycles. The first-order chi connectivity index (χ1) is 8.25.